The maximum Gasteiger partial charge on any atom is 0.226 e. The Kier molecular flexibility index (Phi) is 6.94. The number of hydrogen-bond acceptors (Lipinski definition) is 5. The highest BCUT2D eigenvalue weighted by Crippen LogP contribution is 2.25. The second-order valence-corrected chi connectivity index (χ2v) is 7.60. The monoisotopic (exact) mass is 386 g/mol. The second kappa shape index (κ2) is 9.62. The zero-order valence-corrected chi connectivity index (χ0v) is 16.3. The van der Waals surface area contributed by atoms with Crippen LogP contribution in [0.4, 0.5) is 0 Å². The summed E-state index contributed by atoms with van der Waals surface area (Å²) in [6.45, 7) is 3.28. The van der Waals surface area contributed by atoms with Crippen LogP contribution in [0.2, 0.25) is 0 Å². The van der Waals surface area contributed by atoms with Gasteiger partial charge in [0.05, 0.1) is 18.2 Å². The quantitative estimate of drug-likeness (QED) is 0.543. The summed E-state index contributed by atoms with van der Waals surface area (Å²) >= 11 is 3.23. The maximum absolute atomic E-state index is 12.0. The molecule has 0 aliphatic heterocycles. The van der Waals surface area contributed by atoms with E-state index < -0.39 is 0 Å². The third-order valence-corrected chi connectivity index (χ3v) is 5.57. The summed E-state index contributed by atoms with van der Waals surface area (Å²) < 4.78 is 5.81. The van der Waals surface area contributed by atoms with Crippen molar-refractivity contribution >= 4 is 28.6 Å². The van der Waals surface area contributed by atoms with Gasteiger partial charge >= 0.3 is 0 Å². The van der Waals surface area contributed by atoms with Crippen molar-refractivity contribution in [1.82, 2.24) is 10.3 Å². The average molecular weight is 387 g/mol. The molecule has 0 aliphatic rings. The minimum atomic E-state index is 0.00303. The van der Waals surface area contributed by atoms with Crippen molar-refractivity contribution < 1.29 is 9.53 Å². The molecule has 0 saturated heterocycles. The molecular formula is C20H22N2O2S2. The minimum absolute atomic E-state index is 0.00303. The van der Waals surface area contributed by atoms with Crippen LogP contribution >= 0.6 is 22.7 Å². The van der Waals surface area contributed by atoms with Crippen molar-refractivity contribution in [1.29, 1.82) is 0 Å². The topological polar surface area (TPSA) is 51.2 Å². The number of nitrogens with one attached hydrogen (secondary N) is 1. The van der Waals surface area contributed by atoms with Gasteiger partial charge in [-0.25, -0.2) is 4.98 Å². The number of carbonyl (C=O) groups excluding carboxylic acids is 1. The van der Waals surface area contributed by atoms with E-state index in [1.165, 1.54) is 5.56 Å². The van der Waals surface area contributed by atoms with Crippen LogP contribution in [0.5, 0.6) is 0 Å². The molecule has 26 heavy (non-hydrogen) atoms. The molecule has 1 N–H and O–H groups in total. The van der Waals surface area contributed by atoms with E-state index in [9.17, 15) is 4.79 Å². The highest BCUT2D eigenvalue weighted by Gasteiger charge is 2.09. The number of thiazole rings is 1. The number of nitrogens with zero attached hydrogens (tertiary/aromatic N) is 1. The number of hydrogen-bond donors (Lipinski definition) is 1. The third kappa shape index (κ3) is 5.49. The lowest BCUT2D eigenvalue weighted by Crippen LogP contribution is -2.27. The van der Waals surface area contributed by atoms with E-state index in [1.807, 2.05) is 41.9 Å². The largest absolute Gasteiger partial charge is 0.374 e. The molecule has 0 saturated carbocycles. The van der Waals surface area contributed by atoms with Gasteiger partial charge in [-0.2, -0.15) is 11.3 Å². The average Bonchev–Trinajstić information content (AvgIpc) is 3.33. The molecule has 0 fully saturated rings. The van der Waals surface area contributed by atoms with Crippen LogP contribution < -0.4 is 5.32 Å². The van der Waals surface area contributed by atoms with Crippen molar-refractivity contribution in [2.24, 2.45) is 0 Å². The van der Waals surface area contributed by atoms with E-state index in [1.54, 1.807) is 22.7 Å². The highest BCUT2D eigenvalue weighted by atomic mass is 32.1. The Labute approximate surface area is 161 Å². The summed E-state index contributed by atoms with van der Waals surface area (Å²) in [6, 6.07) is 12.2. The molecule has 136 valence electrons. The summed E-state index contributed by atoms with van der Waals surface area (Å²) in [7, 11) is 0. The van der Waals surface area contributed by atoms with Gasteiger partial charge in [-0.05, 0) is 30.4 Å². The molecule has 3 aromatic rings. The first-order valence-corrected chi connectivity index (χ1v) is 10.4. The minimum Gasteiger partial charge on any atom is -0.374 e. The molecule has 0 spiro atoms. The van der Waals surface area contributed by atoms with Gasteiger partial charge in [0.1, 0.15) is 5.01 Å². The molecule has 3 rings (SSSR count). The van der Waals surface area contributed by atoms with Crippen molar-refractivity contribution in [3.8, 4) is 10.6 Å². The Balaban J connectivity index is 1.33. The number of aromatic nitrogens is 1. The van der Waals surface area contributed by atoms with E-state index in [4.69, 9.17) is 4.74 Å². The maximum atomic E-state index is 12.0. The van der Waals surface area contributed by atoms with Gasteiger partial charge < -0.3 is 10.1 Å². The van der Waals surface area contributed by atoms with Crippen molar-refractivity contribution in [3.05, 3.63) is 63.8 Å². The van der Waals surface area contributed by atoms with Crippen LogP contribution in [0, 0.1) is 0 Å². The Bertz CT molecular complexity index is 800. The fraction of sp³-hybridized carbons (Fsp3) is 0.300. The van der Waals surface area contributed by atoms with Gasteiger partial charge in [0.15, 0.2) is 0 Å². The number of carbonyl (C=O) groups is 1. The lowest BCUT2D eigenvalue weighted by molar-refractivity contribution is -0.120. The van der Waals surface area contributed by atoms with Gasteiger partial charge in [-0.1, -0.05) is 30.3 Å². The molecule has 1 atom stereocenters. The van der Waals surface area contributed by atoms with Crippen LogP contribution in [0.1, 0.15) is 30.7 Å². The molecule has 0 bridgehead atoms. The van der Waals surface area contributed by atoms with E-state index >= 15 is 0 Å². The van der Waals surface area contributed by atoms with Crippen LogP contribution in [-0.2, 0) is 16.0 Å². The zero-order chi connectivity index (χ0) is 18.2. The first-order chi connectivity index (χ1) is 12.7. The highest BCUT2D eigenvalue weighted by molar-refractivity contribution is 7.14. The number of benzene rings is 1. The predicted molar refractivity (Wildman–Crippen MR) is 108 cm³/mol. The van der Waals surface area contributed by atoms with E-state index in [0.717, 1.165) is 22.7 Å². The molecule has 1 amide bonds. The molecule has 2 aromatic heterocycles. The normalized spacial score (nSPS) is 12.0. The van der Waals surface area contributed by atoms with Crippen molar-refractivity contribution in [2.45, 2.75) is 25.9 Å². The van der Waals surface area contributed by atoms with E-state index in [0.29, 0.717) is 19.6 Å². The first kappa shape index (κ1) is 18.8. The van der Waals surface area contributed by atoms with Gasteiger partial charge in [0, 0.05) is 29.5 Å². The zero-order valence-electron chi connectivity index (χ0n) is 14.7. The fourth-order valence-electron chi connectivity index (χ4n) is 2.51. The van der Waals surface area contributed by atoms with Gasteiger partial charge in [0.2, 0.25) is 5.91 Å². The summed E-state index contributed by atoms with van der Waals surface area (Å²) in [5, 5.41) is 9.96. The van der Waals surface area contributed by atoms with Gasteiger partial charge in [-0.3, -0.25) is 4.79 Å². The Morgan fingerprint density at radius 1 is 1.23 bits per heavy atom. The number of thiophene rings is 1. The summed E-state index contributed by atoms with van der Waals surface area (Å²) in [5.74, 6) is 0.00303. The lowest BCUT2D eigenvalue weighted by atomic mass is 10.1. The molecule has 0 unspecified atom stereocenters. The Morgan fingerprint density at radius 2 is 2.08 bits per heavy atom. The second-order valence-electron chi connectivity index (χ2n) is 5.96. The standard InChI is InChI=1S/C20H22N2O2S2/c1-15(16-6-3-2-4-7-16)24-10-5-9-21-19(23)12-18-14-26-20(22-18)17-8-11-25-13-17/h2-4,6-8,11,13-15H,5,9-10,12H2,1H3,(H,21,23)/t15-/m0/s1. The Hall–Kier alpha value is -2.02. The van der Waals surface area contributed by atoms with E-state index in [2.05, 4.69) is 27.8 Å². The number of ether oxygens (including phenoxy) is 1. The van der Waals surface area contributed by atoms with Crippen LogP contribution in [-0.4, -0.2) is 24.0 Å². The summed E-state index contributed by atoms with van der Waals surface area (Å²) in [6.07, 6.45) is 1.18. The number of amides is 1. The lowest BCUT2D eigenvalue weighted by Gasteiger charge is -2.13. The van der Waals surface area contributed by atoms with Crippen LogP contribution in [0.25, 0.3) is 10.6 Å². The molecule has 0 aliphatic carbocycles. The SMILES string of the molecule is C[C@H](OCCCNC(=O)Cc1csc(-c2ccsc2)n1)c1ccccc1. The predicted octanol–water partition coefficient (Wildman–Crippen LogP) is 4.70. The first-order valence-electron chi connectivity index (χ1n) is 8.62. The van der Waals surface area contributed by atoms with E-state index in [-0.39, 0.29) is 12.0 Å². The van der Waals surface area contributed by atoms with Crippen LogP contribution in [0.15, 0.2) is 52.5 Å². The van der Waals surface area contributed by atoms with Crippen molar-refractivity contribution in [3.63, 3.8) is 0 Å². The van der Waals surface area contributed by atoms with Crippen LogP contribution in [0.3, 0.4) is 0 Å². The van der Waals surface area contributed by atoms with Gasteiger partial charge in [-0.15, -0.1) is 11.3 Å². The Morgan fingerprint density at radius 3 is 2.85 bits per heavy atom. The molecule has 4 nitrogen and oxygen atoms in total. The smallest absolute Gasteiger partial charge is 0.226 e. The molecule has 2 heterocycles. The summed E-state index contributed by atoms with van der Waals surface area (Å²) in [5.41, 5.74) is 3.11. The fourth-order valence-corrected chi connectivity index (χ4v) is 4.05. The summed E-state index contributed by atoms with van der Waals surface area (Å²) in [4.78, 5) is 16.6. The molecule has 0 radical (unpaired) electrons. The van der Waals surface area contributed by atoms with Crippen molar-refractivity contribution in [2.75, 3.05) is 13.2 Å². The third-order valence-electron chi connectivity index (χ3n) is 3.94. The van der Waals surface area contributed by atoms with Gasteiger partial charge in [0.25, 0.3) is 0 Å². The molecule has 6 heteroatoms. The molecule has 1 aromatic carbocycles. The molecular weight excluding hydrogens is 364 g/mol. The number of rotatable bonds is 9.